The van der Waals surface area contributed by atoms with E-state index in [4.69, 9.17) is 0 Å². The number of carbonyl (C=O) groups excluding carboxylic acids is 1. The molecule has 0 saturated carbocycles. The van der Waals surface area contributed by atoms with Gasteiger partial charge < -0.3 is 10.2 Å². The Bertz CT molecular complexity index is 216. The van der Waals surface area contributed by atoms with Crippen LogP contribution in [0.1, 0.15) is 40.0 Å². The first kappa shape index (κ1) is 13.5. The highest BCUT2D eigenvalue weighted by Gasteiger charge is 2.15. The molecule has 1 N–H and O–H groups in total. The minimum absolute atomic E-state index is 0.106. The molecule has 94 valence electrons. The molecule has 1 fully saturated rings. The second-order valence-electron chi connectivity index (χ2n) is 5.35. The van der Waals surface area contributed by atoms with E-state index >= 15 is 0 Å². The molecule has 1 aliphatic rings. The van der Waals surface area contributed by atoms with Crippen molar-refractivity contribution < 1.29 is 4.79 Å². The molecule has 1 rings (SSSR count). The van der Waals surface area contributed by atoms with Crippen LogP contribution in [0.25, 0.3) is 0 Å². The van der Waals surface area contributed by atoms with Gasteiger partial charge in [-0.05, 0) is 38.3 Å². The second-order valence-corrected chi connectivity index (χ2v) is 5.35. The fourth-order valence-electron chi connectivity index (χ4n) is 2.21. The zero-order chi connectivity index (χ0) is 12.0. The molecule has 1 heterocycles. The third-order valence-electron chi connectivity index (χ3n) is 3.22. The molecule has 1 atom stereocenters. The average Bonchev–Trinajstić information content (AvgIpc) is 2.24. The molecular weight excluding hydrogens is 200 g/mol. The Labute approximate surface area is 99.6 Å². The Hall–Kier alpha value is -0.570. The minimum Gasteiger partial charge on any atom is -0.356 e. The molecular formula is C13H26N2O. The molecule has 3 heteroatoms. The van der Waals surface area contributed by atoms with Crippen molar-refractivity contribution in [2.75, 3.05) is 26.2 Å². The molecule has 0 aromatic rings. The molecule has 0 aromatic carbocycles. The fraction of sp³-hybridized carbons (Fsp3) is 0.923. The van der Waals surface area contributed by atoms with Gasteiger partial charge in [0.1, 0.15) is 0 Å². The maximum atomic E-state index is 11.3. The lowest BCUT2D eigenvalue weighted by Crippen LogP contribution is -2.37. The van der Waals surface area contributed by atoms with Gasteiger partial charge >= 0.3 is 0 Å². The Balaban J connectivity index is 2.04. The summed E-state index contributed by atoms with van der Waals surface area (Å²) in [7, 11) is 0. The van der Waals surface area contributed by atoms with Gasteiger partial charge in [-0.2, -0.15) is 0 Å². The summed E-state index contributed by atoms with van der Waals surface area (Å²) >= 11 is 0. The first-order chi connectivity index (χ1) is 7.59. The highest BCUT2D eigenvalue weighted by molar-refractivity contribution is 5.77. The SMILES string of the molecule is CC(C)C(=O)NCCCN1CCC[C@@H](C)C1. The third kappa shape index (κ3) is 4.97. The van der Waals surface area contributed by atoms with E-state index in [1.54, 1.807) is 0 Å². The van der Waals surface area contributed by atoms with Gasteiger partial charge in [0.05, 0.1) is 0 Å². The number of likely N-dealkylation sites (tertiary alicyclic amines) is 1. The van der Waals surface area contributed by atoms with Crippen molar-refractivity contribution >= 4 is 5.91 Å². The molecule has 1 saturated heterocycles. The van der Waals surface area contributed by atoms with Crippen LogP contribution in [0.2, 0.25) is 0 Å². The highest BCUT2D eigenvalue weighted by Crippen LogP contribution is 2.15. The second kappa shape index (κ2) is 6.89. The van der Waals surface area contributed by atoms with Gasteiger partial charge in [-0.15, -0.1) is 0 Å². The lowest BCUT2D eigenvalue weighted by Gasteiger charge is -2.30. The topological polar surface area (TPSA) is 32.3 Å². The molecule has 0 spiro atoms. The maximum absolute atomic E-state index is 11.3. The lowest BCUT2D eigenvalue weighted by molar-refractivity contribution is -0.123. The molecule has 0 unspecified atom stereocenters. The largest absolute Gasteiger partial charge is 0.356 e. The van der Waals surface area contributed by atoms with Gasteiger partial charge in [0.15, 0.2) is 0 Å². The highest BCUT2D eigenvalue weighted by atomic mass is 16.1. The Morgan fingerprint density at radius 2 is 2.25 bits per heavy atom. The standard InChI is InChI=1S/C13H26N2O/c1-11(2)13(16)14-7-5-9-15-8-4-6-12(3)10-15/h11-12H,4-10H2,1-3H3,(H,14,16)/t12-/m1/s1. The summed E-state index contributed by atoms with van der Waals surface area (Å²) < 4.78 is 0. The summed E-state index contributed by atoms with van der Waals surface area (Å²) in [4.78, 5) is 13.8. The molecule has 3 nitrogen and oxygen atoms in total. The number of nitrogens with one attached hydrogen (secondary N) is 1. The van der Waals surface area contributed by atoms with Crippen LogP contribution in [-0.4, -0.2) is 37.0 Å². The predicted octanol–water partition coefficient (Wildman–Crippen LogP) is 1.88. The fourth-order valence-corrected chi connectivity index (χ4v) is 2.21. The summed E-state index contributed by atoms with van der Waals surface area (Å²) in [6, 6.07) is 0. The van der Waals surface area contributed by atoms with Crippen molar-refractivity contribution in [1.29, 1.82) is 0 Å². The monoisotopic (exact) mass is 226 g/mol. The van der Waals surface area contributed by atoms with Gasteiger partial charge in [-0.3, -0.25) is 4.79 Å². The van der Waals surface area contributed by atoms with Crippen LogP contribution in [0.4, 0.5) is 0 Å². The normalized spacial score (nSPS) is 22.4. The smallest absolute Gasteiger partial charge is 0.222 e. The maximum Gasteiger partial charge on any atom is 0.222 e. The van der Waals surface area contributed by atoms with Crippen molar-refractivity contribution in [3.8, 4) is 0 Å². The van der Waals surface area contributed by atoms with Crippen LogP contribution in [0.15, 0.2) is 0 Å². The Kier molecular flexibility index (Phi) is 5.81. The summed E-state index contributed by atoms with van der Waals surface area (Å²) in [5.74, 6) is 1.13. The molecule has 1 aliphatic heterocycles. The van der Waals surface area contributed by atoms with Crippen molar-refractivity contribution in [2.45, 2.75) is 40.0 Å². The zero-order valence-electron chi connectivity index (χ0n) is 11.0. The van der Waals surface area contributed by atoms with E-state index in [-0.39, 0.29) is 11.8 Å². The number of nitrogens with zero attached hydrogens (tertiary/aromatic N) is 1. The van der Waals surface area contributed by atoms with Gasteiger partial charge in [0.2, 0.25) is 5.91 Å². The Morgan fingerprint density at radius 1 is 1.50 bits per heavy atom. The summed E-state index contributed by atoms with van der Waals surface area (Å²) in [6.45, 7) is 10.6. The number of piperidine rings is 1. The van der Waals surface area contributed by atoms with E-state index in [0.717, 1.165) is 25.4 Å². The molecule has 0 aliphatic carbocycles. The van der Waals surface area contributed by atoms with E-state index in [1.165, 1.54) is 25.9 Å². The average molecular weight is 226 g/mol. The van der Waals surface area contributed by atoms with Crippen LogP contribution in [0.5, 0.6) is 0 Å². The first-order valence-electron chi connectivity index (χ1n) is 6.59. The van der Waals surface area contributed by atoms with Crippen molar-refractivity contribution in [1.82, 2.24) is 10.2 Å². The summed E-state index contributed by atoms with van der Waals surface area (Å²) in [6.07, 6.45) is 3.78. The minimum atomic E-state index is 0.106. The number of rotatable bonds is 5. The Morgan fingerprint density at radius 3 is 2.88 bits per heavy atom. The quantitative estimate of drug-likeness (QED) is 0.726. The van der Waals surface area contributed by atoms with Crippen LogP contribution >= 0.6 is 0 Å². The predicted molar refractivity (Wildman–Crippen MR) is 67.3 cm³/mol. The van der Waals surface area contributed by atoms with Crippen molar-refractivity contribution in [3.05, 3.63) is 0 Å². The molecule has 0 radical (unpaired) electrons. The number of hydrogen-bond acceptors (Lipinski definition) is 2. The summed E-state index contributed by atoms with van der Waals surface area (Å²) in [5.41, 5.74) is 0. The number of amides is 1. The molecule has 1 amide bonds. The van der Waals surface area contributed by atoms with Gasteiger partial charge in [0, 0.05) is 19.0 Å². The van der Waals surface area contributed by atoms with E-state index in [9.17, 15) is 4.79 Å². The summed E-state index contributed by atoms with van der Waals surface area (Å²) in [5, 5.41) is 2.97. The van der Waals surface area contributed by atoms with Crippen molar-refractivity contribution in [2.24, 2.45) is 11.8 Å². The van der Waals surface area contributed by atoms with E-state index in [1.807, 2.05) is 13.8 Å². The van der Waals surface area contributed by atoms with Crippen LogP contribution < -0.4 is 5.32 Å². The van der Waals surface area contributed by atoms with E-state index in [2.05, 4.69) is 17.1 Å². The van der Waals surface area contributed by atoms with Gasteiger partial charge in [0.25, 0.3) is 0 Å². The molecule has 0 aromatic heterocycles. The number of hydrogen-bond donors (Lipinski definition) is 1. The van der Waals surface area contributed by atoms with Gasteiger partial charge in [-0.25, -0.2) is 0 Å². The molecule has 0 bridgehead atoms. The van der Waals surface area contributed by atoms with Crippen LogP contribution in [0, 0.1) is 11.8 Å². The van der Waals surface area contributed by atoms with E-state index in [0.29, 0.717) is 0 Å². The van der Waals surface area contributed by atoms with Crippen LogP contribution in [0.3, 0.4) is 0 Å². The molecule has 16 heavy (non-hydrogen) atoms. The van der Waals surface area contributed by atoms with Crippen LogP contribution in [-0.2, 0) is 4.79 Å². The van der Waals surface area contributed by atoms with Gasteiger partial charge in [-0.1, -0.05) is 20.8 Å². The lowest BCUT2D eigenvalue weighted by atomic mass is 10.0. The zero-order valence-corrected chi connectivity index (χ0v) is 11.0. The van der Waals surface area contributed by atoms with Crippen molar-refractivity contribution in [3.63, 3.8) is 0 Å². The van der Waals surface area contributed by atoms with E-state index < -0.39 is 0 Å². The third-order valence-corrected chi connectivity index (χ3v) is 3.22. The first-order valence-corrected chi connectivity index (χ1v) is 6.59. The number of carbonyl (C=O) groups is 1.